The molecule has 1 unspecified atom stereocenters. The standard InChI is InChI=1S/C17H27N3O2/c1-19(2)11-14-6-4-5-13(9-14)10-18-17(22)20(3)12-16(21)15-7-8-15/h4-6,9,15-16,21H,7-8,10-12H2,1-3H3,(H,18,22). The van der Waals surface area contributed by atoms with Crippen molar-refractivity contribution < 1.29 is 9.90 Å². The lowest BCUT2D eigenvalue weighted by Gasteiger charge is -2.21. The van der Waals surface area contributed by atoms with Gasteiger partial charge >= 0.3 is 6.03 Å². The second kappa shape index (κ2) is 7.61. The van der Waals surface area contributed by atoms with E-state index in [1.165, 1.54) is 5.56 Å². The summed E-state index contributed by atoms with van der Waals surface area (Å²) in [6.07, 6.45) is 1.77. The topological polar surface area (TPSA) is 55.8 Å². The third-order valence-electron chi connectivity index (χ3n) is 3.91. The highest BCUT2D eigenvalue weighted by Crippen LogP contribution is 2.32. The van der Waals surface area contributed by atoms with Crippen LogP contribution in [0.4, 0.5) is 4.79 Å². The lowest BCUT2D eigenvalue weighted by Crippen LogP contribution is -2.41. The number of benzene rings is 1. The van der Waals surface area contributed by atoms with Gasteiger partial charge in [0.05, 0.1) is 6.10 Å². The van der Waals surface area contributed by atoms with Gasteiger partial charge in [-0.25, -0.2) is 4.79 Å². The van der Waals surface area contributed by atoms with E-state index in [0.717, 1.165) is 24.9 Å². The number of hydrogen-bond acceptors (Lipinski definition) is 3. The molecule has 0 spiro atoms. The molecule has 2 N–H and O–H groups in total. The zero-order valence-electron chi connectivity index (χ0n) is 13.7. The maximum absolute atomic E-state index is 12.1. The number of rotatable bonds is 7. The fourth-order valence-electron chi connectivity index (χ4n) is 2.51. The van der Waals surface area contributed by atoms with Crippen molar-refractivity contribution in [2.75, 3.05) is 27.7 Å². The predicted octanol–water partition coefficient (Wildman–Crippen LogP) is 1.66. The van der Waals surface area contributed by atoms with Gasteiger partial charge in [0.2, 0.25) is 0 Å². The van der Waals surface area contributed by atoms with Crippen LogP contribution in [0, 0.1) is 5.92 Å². The first-order chi connectivity index (χ1) is 10.5. The molecular weight excluding hydrogens is 278 g/mol. The van der Waals surface area contributed by atoms with E-state index in [2.05, 4.69) is 22.3 Å². The fourth-order valence-corrected chi connectivity index (χ4v) is 2.51. The summed E-state index contributed by atoms with van der Waals surface area (Å²) in [6.45, 7) is 1.79. The second-order valence-electron chi connectivity index (χ2n) is 6.50. The van der Waals surface area contributed by atoms with Crippen LogP contribution in [0.25, 0.3) is 0 Å². The van der Waals surface area contributed by atoms with Crippen LogP contribution in [0.3, 0.4) is 0 Å². The molecule has 1 aromatic rings. The molecule has 0 aliphatic heterocycles. The van der Waals surface area contributed by atoms with E-state index < -0.39 is 0 Å². The van der Waals surface area contributed by atoms with Crippen molar-refractivity contribution in [2.24, 2.45) is 5.92 Å². The Morgan fingerprint density at radius 3 is 2.64 bits per heavy atom. The lowest BCUT2D eigenvalue weighted by molar-refractivity contribution is 0.113. The van der Waals surface area contributed by atoms with E-state index in [9.17, 15) is 9.90 Å². The molecule has 5 heteroatoms. The van der Waals surface area contributed by atoms with Crippen LogP contribution in [0.2, 0.25) is 0 Å². The van der Waals surface area contributed by atoms with E-state index in [1.54, 1.807) is 11.9 Å². The van der Waals surface area contributed by atoms with Gasteiger partial charge in [0.25, 0.3) is 0 Å². The SMILES string of the molecule is CN(C)Cc1cccc(CNC(=O)N(C)CC(O)C2CC2)c1. The highest BCUT2D eigenvalue weighted by molar-refractivity contribution is 5.73. The zero-order chi connectivity index (χ0) is 16.1. The molecule has 5 nitrogen and oxygen atoms in total. The Labute approximate surface area is 132 Å². The summed E-state index contributed by atoms with van der Waals surface area (Å²) >= 11 is 0. The van der Waals surface area contributed by atoms with Gasteiger partial charge in [0.1, 0.15) is 0 Å². The van der Waals surface area contributed by atoms with Gasteiger partial charge in [-0.15, -0.1) is 0 Å². The quantitative estimate of drug-likeness (QED) is 0.805. The third kappa shape index (κ3) is 5.31. The van der Waals surface area contributed by atoms with Crippen LogP contribution in [-0.2, 0) is 13.1 Å². The molecule has 1 atom stereocenters. The number of amides is 2. The van der Waals surface area contributed by atoms with Crippen LogP contribution in [0.5, 0.6) is 0 Å². The first-order valence-electron chi connectivity index (χ1n) is 7.85. The Balaban J connectivity index is 1.79. The molecule has 0 radical (unpaired) electrons. The summed E-state index contributed by atoms with van der Waals surface area (Å²) < 4.78 is 0. The summed E-state index contributed by atoms with van der Waals surface area (Å²) in [5, 5.41) is 12.8. The number of aliphatic hydroxyl groups excluding tert-OH is 1. The number of nitrogens with one attached hydrogen (secondary N) is 1. The maximum atomic E-state index is 12.1. The number of likely N-dealkylation sites (N-methyl/N-ethyl adjacent to an activating group) is 1. The smallest absolute Gasteiger partial charge is 0.317 e. The van der Waals surface area contributed by atoms with Crippen molar-refractivity contribution in [3.8, 4) is 0 Å². The van der Waals surface area contributed by atoms with Crippen LogP contribution in [-0.4, -0.2) is 54.7 Å². The van der Waals surface area contributed by atoms with Gasteiger partial charge in [0, 0.05) is 26.7 Å². The highest BCUT2D eigenvalue weighted by Gasteiger charge is 2.31. The monoisotopic (exact) mass is 305 g/mol. The van der Waals surface area contributed by atoms with Gasteiger partial charge in [-0.3, -0.25) is 0 Å². The Kier molecular flexibility index (Phi) is 5.80. The Morgan fingerprint density at radius 1 is 1.32 bits per heavy atom. The average molecular weight is 305 g/mol. The average Bonchev–Trinajstić information content (AvgIpc) is 3.29. The van der Waals surface area contributed by atoms with E-state index in [1.807, 2.05) is 26.2 Å². The van der Waals surface area contributed by atoms with Gasteiger partial charge in [-0.2, -0.15) is 0 Å². The van der Waals surface area contributed by atoms with Crippen molar-refractivity contribution in [3.05, 3.63) is 35.4 Å². The fraction of sp³-hybridized carbons (Fsp3) is 0.588. The number of carbonyl (C=O) groups excluding carboxylic acids is 1. The minimum absolute atomic E-state index is 0.141. The number of urea groups is 1. The number of hydrogen-bond donors (Lipinski definition) is 2. The highest BCUT2D eigenvalue weighted by atomic mass is 16.3. The van der Waals surface area contributed by atoms with E-state index in [-0.39, 0.29) is 12.1 Å². The van der Waals surface area contributed by atoms with Crippen LogP contribution < -0.4 is 5.32 Å². The van der Waals surface area contributed by atoms with Crippen molar-refractivity contribution in [1.82, 2.24) is 15.1 Å². The lowest BCUT2D eigenvalue weighted by atomic mass is 10.1. The molecular formula is C17H27N3O2. The predicted molar refractivity (Wildman–Crippen MR) is 87.4 cm³/mol. The Bertz CT molecular complexity index is 500. The Morgan fingerprint density at radius 2 is 2.00 bits per heavy atom. The van der Waals surface area contributed by atoms with Crippen LogP contribution in [0.15, 0.2) is 24.3 Å². The van der Waals surface area contributed by atoms with Gasteiger partial charge in [-0.05, 0) is 44.0 Å². The molecule has 0 aromatic heterocycles. The van der Waals surface area contributed by atoms with E-state index in [0.29, 0.717) is 19.0 Å². The zero-order valence-corrected chi connectivity index (χ0v) is 13.7. The largest absolute Gasteiger partial charge is 0.391 e. The summed E-state index contributed by atoms with van der Waals surface area (Å²) in [7, 11) is 5.80. The number of aliphatic hydroxyl groups is 1. The van der Waals surface area contributed by atoms with Crippen LogP contribution in [0.1, 0.15) is 24.0 Å². The normalized spacial score (nSPS) is 15.7. The molecule has 0 saturated heterocycles. The molecule has 0 bridgehead atoms. The molecule has 22 heavy (non-hydrogen) atoms. The van der Waals surface area contributed by atoms with E-state index in [4.69, 9.17) is 0 Å². The Hall–Kier alpha value is -1.59. The number of nitrogens with zero attached hydrogens (tertiary/aromatic N) is 2. The van der Waals surface area contributed by atoms with Crippen molar-refractivity contribution in [1.29, 1.82) is 0 Å². The number of carbonyl (C=O) groups is 1. The molecule has 122 valence electrons. The summed E-state index contributed by atoms with van der Waals surface area (Å²) in [5.41, 5.74) is 2.32. The molecule has 1 saturated carbocycles. The second-order valence-corrected chi connectivity index (χ2v) is 6.50. The molecule has 0 heterocycles. The summed E-state index contributed by atoms with van der Waals surface area (Å²) in [5.74, 6) is 0.387. The van der Waals surface area contributed by atoms with E-state index >= 15 is 0 Å². The van der Waals surface area contributed by atoms with Gasteiger partial charge < -0.3 is 20.2 Å². The minimum atomic E-state index is -0.390. The minimum Gasteiger partial charge on any atom is -0.391 e. The molecule has 1 aromatic carbocycles. The van der Waals surface area contributed by atoms with Gasteiger partial charge in [-0.1, -0.05) is 24.3 Å². The summed E-state index contributed by atoms with van der Waals surface area (Å²) in [6, 6.07) is 8.08. The van der Waals surface area contributed by atoms with Crippen molar-refractivity contribution in [3.63, 3.8) is 0 Å². The first-order valence-corrected chi connectivity index (χ1v) is 7.85. The summed E-state index contributed by atoms with van der Waals surface area (Å²) in [4.78, 5) is 15.7. The van der Waals surface area contributed by atoms with Crippen molar-refractivity contribution in [2.45, 2.75) is 32.0 Å². The molecule has 1 aliphatic rings. The van der Waals surface area contributed by atoms with Crippen LogP contribution >= 0.6 is 0 Å². The molecule has 1 fully saturated rings. The maximum Gasteiger partial charge on any atom is 0.317 e. The van der Waals surface area contributed by atoms with Crippen molar-refractivity contribution >= 4 is 6.03 Å². The van der Waals surface area contributed by atoms with Gasteiger partial charge in [0.15, 0.2) is 0 Å². The molecule has 2 amide bonds. The molecule has 2 rings (SSSR count). The third-order valence-corrected chi connectivity index (χ3v) is 3.91. The first kappa shape index (κ1) is 16.8. The molecule has 1 aliphatic carbocycles.